The molecule has 0 aliphatic heterocycles. The van der Waals surface area contributed by atoms with Gasteiger partial charge in [-0.25, -0.2) is 0 Å². The van der Waals surface area contributed by atoms with E-state index in [1.54, 1.807) is 0 Å². The Labute approximate surface area is 87.7 Å². The highest BCUT2D eigenvalue weighted by molar-refractivity contribution is 6.35. The van der Waals surface area contributed by atoms with Crippen LogP contribution in [0.1, 0.15) is 12.5 Å². The summed E-state index contributed by atoms with van der Waals surface area (Å²) in [5.41, 5.74) is 1.98. The molecule has 0 radical (unpaired) electrons. The average molecular weight is 210 g/mol. The van der Waals surface area contributed by atoms with Crippen LogP contribution in [0.2, 0.25) is 5.02 Å². The molecule has 3 heteroatoms. The Morgan fingerprint density at radius 1 is 1.43 bits per heavy atom. The van der Waals surface area contributed by atoms with Crippen molar-refractivity contribution in [1.29, 1.82) is 0 Å². The standard InChI is InChI=1S/C11H12ClNO/c1-2-13-6-8(7-14)11-9(12)4-3-5-10(11)13/h3-6,14H,2,7H2,1H3. The molecule has 0 fully saturated rings. The number of aromatic nitrogens is 1. The third kappa shape index (κ3) is 1.31. The lowest BCUT2D eigenvalue weighted by molar-refractivity contribution is 0.283. The fourth-order valence-corrected chi connectivity index (χ4v) is 2.06. The van der Waals surface area contributed by atoms with Crippen molar-refractivity contribution in [3.05, 3.63) is 35.0 Å². The van der Waals surface area contributed by atoms with E-state index in [-0.39, 0.29) is 6.61 Å². The molecule has 2 aromatic rings. The van der Waals surface area contributed by atoms with Gasteiger partial charge in [0, 0.05) is 29.2 Å². The number of benzene rings is 1. The SMILES string of the molecule is CCn1cc(CO)c2c(Cl)cccc21. The number of fused-ring (bicyclic) bond motifs is 1. The Morgan fingerprint density at radius 2 is 2.21 bits per heavy atom. The topological polar surface area (TPSA) is 25.2 Å². The lowest BCUT2D eigenvalue weighted by atomic mass is 10.2. The van der Waals surface area contributed by atoms with E-state index in [0.29, 0.717) is 5.02 Å². The molecule has 2 rings (SSSR count). The third-order valence-corrected chi connectivity index (χ3v) is 2.76. The summed E-state index contributed by atoms with van der Waals surface area (Å²) in [6.45, 7) is 2.99. The Morgan fingerprint density at radius 3 is 2.86 bits per heavy atom. The minimum absolute atomic E-state index is 0.0350. The maximum Gasteiger partial charge on any atom is 0.0703 e. The predicted molar refractivity (Wildman–Crippen MR) is 58.5 cm³/mol. The first-order valence-electron chi connectivity index (χ1n) is 4.65. The van der Waals surface area contributed by atoms with Gasteiger partial charge in [-0.2, -0.15) is 0 Å². The summed E-state index contributed by atoms with van der Waals surface area (Å²) < 4.78 is 2.09. The quantitative estimate of drug-likeness (QED) is 0.809. The number of aliphatic hydroxyl groups excluding tert-OH is 1. The molecular formula is C11H12ClNO. The lowest BCUT2D eigenvalue weighted by Crippen LogP contribution is -1.89. The molecule has 14 heavy (non-hydrogen) atoms. The Kier molecular flexibility index (Phi) is 2.48. The fraction of sp³-hybridized carbons (Fsp3) is 0.273. The minimum Gasteiger partial charge on any atom is -0.392 e. The molecule has 1 heterocycles. The summed E-state index contributed by atoms with van der Waals surface area (Å²) in [6.07, 6.45) is 1.95. The van der Waals surface area contributed by atoms with Crippen LogP contribution in [0.15, 0.2) is 24.4 Å². The van der Waals surface area contributed by atoms with Gasteiger partial charge in [-0.1, -0.05) is 17.7 Å². The van der Waals surface area contributed by atoms with Crippen LogP contribution in [0, 0.1) is 0 Å². The molecule has 1 aromatic heterocycles. The van der Waals surface area contributed by atoms with Gasteiger partial charge in [-0.05, 0) is 19.1 Å². The number of halogens is 1. The van der Waals surface area contributed by atoms with Crippen molar-refractivity contribution in [3.63, 3.8) is 0 Å². The minimum atomic E-state index is 0.0350. The molecule has 1 aromatic carbocycles. The number of aliphatic hydroxyl groups is 1. The summed E-state index contributed by atoms with van der Waals surface area (Å²) in [5.74, 6) is 0. The summed E-state index contributed by atoms with van der Waals surface area (Å²) in [6, 6.07) is 5.80. The number of hydrogen-bond donors (Lipinski definition) is 1. The van der Waals surface area contributed by atoms with Crippen LogP contribution < -0.4 is 0 Å². The second-order valence-corrected chi connectivity index (χ2v) is 3.64. The molecule has 0 saturated carbocycles. The summed E-state index contributed by atoms with van der Waals surface area (Å²) in [5, 5.41) is 10.9. The summed E-state index contributed by atoms with van der Waals surface area (Å²) in [7, 11) is 0. The molecule has 0 unspecified atom stereocenters. The average Bonchev–Trinajstić information content (AvgIpc) is 2.57. The number of hydrogen-bond acceptors (Lipinski definition) is 1. The maximum atomic E-state index is 9.20. The van der Waals surface area contributed by atoms with Crippen molar-refractivity contribution >= 4 is 22.5 Å². The van der Waals surface area contributed by atoms with Gasteiger partial charge in [0.1, 0.15) is 0 Å². The van der Waals surface area contributed by atoms with Gasteiger partial charge in [0.25, 0.3) is 0 Å². The van der Waals surface area contributed by atoms with Crippen LogP contribution in [0.5, 0.6) is 0 Å². The fourth-order valence-electron chi connectivity index (χ4n) is 1.77. The molecule has 0 atom stereocenters. The number of rotatable bonds is 2. The van der Waals surface area contributed by atoms with Crippen molar-refractivity contribution in [2.45, 2.75) is 20.1 Å². The van der Waals surface area contributed by atoms with E-state index in [2.05, 4.69) is 11.5 Å². The van der Waals surface area contributed by atoms with Crippen LogP contribution in [0.25, 0.3) is 10.9 Å². The van der Waals surface area contributed by atoms with Crippen molar-refractivity contribution in [1.82, 2.24) is 4.57 Å². The molecule has 74 valence electrons. The predicted octanol–water partition coefficient (Wildman–Crippen LogP) is 2.81. The highest BCUT2D eigenvalue weighted by atomic mass is 35.5. The van der Waals surface area contributed by atoms with Gasteiger partial charge in [0.15, 0.2) is 0 Å². The zero-order chi connectivity index (χ0) is 10.1. The Bertz CT molecular complexity index is 462. The summed E-state index contributed by atoms with van der Waals surface area (Å²) >= 11 is 6.09. The van der Waals surface area contributed by atoms with E-state index >= 15 is 0 Å². The van der Waals surface area contributed by atoms with Gasteiger partial charge < -0.3 is 9.67 Å². The monoisotopic (exact) mass is 209 g/mol. The zero-order valence-corrected chi connectivity index (χ0v) is 8.75. The molecule has 2 nitrogen and oxygen atoms in total. The number of aryl methyl sites for hydroxylation is 1. The van der Waals surface area contributed by atoms with Gasteiger partial charge in [0.05, 0.1) is 11.6 Å². The molecule has 0 aliphatic carbocycles. The lowest BCUT2D eigenvalue weighted by Gasteiger charge is -2.00. The number of nitrogens with zero attached hydrogens (tertiary/aromatic N) is 1. The first-order valence-corrected chi connectivity index (χ1v) is 5.02. The van der Waals surface area contributed by atoms with Gasteiger partial charge in [0.2, 0.25) is 0 Å². The van der Waals surface area contributed by atoms with E-state index in [0.717, 1.165) is 23.0 Å². The van der Waals surface area contributed by atoms with Crippen molar-refractivity contribution < 1.29 is 5.11 Å². The Hall–Kier alpha value is -0.990. The molecule has 1 N–H and O–H groups in total. The first kappa shape index (κ1) is 9.56. The molecule has 0 spiro atoms. The van der Waals surface area contributed by atoms with E-state index in [1.807, 2.05) is 24.4 Å². The van der Waals surface area contributed by atoms with Crippen LogP contribution in [0.3, 0.4) is 0 Å². The molecular weight excluding hydrogens is 198 g/mol. The van der Waals surface area contributed by atoms with Gasteiger partial charge >= 0.3 is 0 Å². The highest BCUT2D eigenvalue weighted by Gasteiger charge is 2.09. The second-order valence-electron chi connectivity index (χ2n) is 3.23. The smallest absolute Gasteiger partial charge is 0.0703 e. The van der Waals surface area contributed by atoms with Crippen LogP contribution in [0.4, 0.5) is 0 Å². The molecule has 0 saturated heterocycles. The highest BCUT2D eigenvalue weighted by Crippen LogP contribution is 2.28. The van der Waals surface area contributed by atoms with E-state index in [4.69, 9.17) is 11.6 Å². The normalized spacial score (nSPS) is 11.1. The maximum absolute atomic E-state index is 9.20. The molecule has 0 bridgehead atoms. The van der Waals surface area contributed by atoms with Crippen LogP contribution in [-0.2, 0) is 13.2 Å². The van der Waals surface area contributed by atoms with E-state index in [1.165, 1.54) is 0 Å². The van der Waals surface area contributed by atoms with Crippen molar-refractivity contribution in [3.8, 4) is 0 Å². The largest absolute Gasteiger partial charge is 0.392 e. The van der Waals surface area contributed by atoms with Crippen molar-refractivity contribution in [2.75, 3.05) is 0 Å². The molecule has 0 amide bonds. The third-order valence-electron chi connectivity index (χ3n) is 2.44. The van der Waals surface area contributed by atoms with E-state index < -0.39 is 0 Å². The Balaban J connectivity index is 2.82. The summed E-state index contributed by atoms with van der Waals surface area (Å²) in [4.78, 5) is 0. The van der Waals surface area contributed by atoms with Gasteiger partial charge in [-0.3, -0.25) is 0 Å². The second kappa shape index (κ2) is 3.64. The molecule has 0 aliphatic rings. The van der Waals surface area contributed by atoms with Crippen molar-refractivity contribution in [2.24, 2.45) is 0 Å². The zero-order valence-electron chi connectivity index (χ0n) is 8.00. The van der Waals surface area contributed by atoms with Crippen LogP contribution in [-0.4, -0.2) is 9.67 Å². The first-order chi connectivity index (χ1) is 6.77. The van der Waals surface area contributed by atoms with Gasteiger partial charge in [-0.15, -0.1) is 0 Å². The van der Waals surface area contributed by atoms with E-state index in [9.17, 15) is 5.11 Å². The van der Waals surface area contributed by atoms with Crippen LogP contribution >= 0.6 is 11.6 Å².